The minimum atomic E-state index is -0.164. The third kappa shape index (κ3) is 1.99. The van der Waals surface area contributed by atoms with Crippen molar-refractivity contribution in [1.29, 1.82) is 5.41 Å². The molecule has 0 atom stereocenters. The van der Waals surface area contributed by atoms with Crippen LogP contribution in [0.4, 0.5) is 0 Å². The monoisotopic (exact) mass is 200 g/mol. The molecule has 0 amide bonds. The Morgan fingerprint density at radius 2 is 2.31 bits per heavy atom. The summed E-state index contributed by atoms with van der Waals surface area (Å²) in [5, 5.41) is 7.63. The lowest BCUT2D eigenvalue weighted by Crippen LogP contribution is -2.22. The van der Waals surface area contributed by atoms with E-state index in [-0.39, 0.29) is 6.29 Å². The van der Waals surface area contributed by atoms with Crippen LogP contribution < -0.4 is 4.80 Å². The van der Waals surface area contributed by atoms with Crippen molar-refractivity contribution in [2.45, 2.75) is 19.8 Å². The molecular weight excluding hydrogens is 188 g/mol. The van der Waals surface area contributed by atoms with Crippen molar-refractivity contribution < 1.29 is 9.47 Å². The summed E-state index contributed by atoms with van der Waals surface area (Å²) >= 11 is 1.47. The van der Waals surface area contributed by atoms with Gasteiger partial charge in [-0.1, -0.05) is 0 Å². The van der Waals surface area contributed by atoms with E-state index < -0.39 is 0 Å². The number of nitrogens with one attached hydrogen (secondary N) is 1. The molecule has 0 bridgehead atoms. The Kier molecular flexibility index (Phi) is 2.48. The van der Waals surface area contributed by atoms with Crippen LogP contribution in [0.1, 0.15) is 4.88 Å². The minimum absolute atomic E-state index is 0.164. The molecule has 1 aliphatic rings. The van der Waals surface area contributed by atoms with Crippen LogP contribution in [-0.2, 0) is 16.0 Å². The summed E-state index contributed by atoms with van der Waals surface area (Å²) in [4.78, 5) is 1.69. The zero-order valence-corrected chi connectivity index (χ0v) is 8.26. The smallest absolute Gasteiger partial charge is 0.182 e. The molecule has 0 saturated carbocycles. The van der Waals surface area contributed by atoms with Crippen LogP contribution in [-0.4, -0.2) is 24.1 Å². The van der Waals surface area contributed by atoms with Gasteiger partial charge in [-0.15, -0.1) is 11.3 Å². The van der Waals surface area contributed by atoms with Crippen LogP contribution in [0.3, 0.4) is 0 Å². The molecule has 1 saturated heterocycles. The average molecular weight is 200 g/mol. The van der Waals surface area contributed by atoms with Gasteiger partial charge in [0, 0.05) is 11.1 Å². The number of hydrogen-bond acceptors (Lipinski definition) is 4. The van der Waals surface area contributed by atoms with Crippen molar-refractivity contribution in [3.8, 4) is 0 Å². The number of aromatic nitrogens is 1. The van der Waals surface area contributed by atoms with Crippen LogP contribution in [0.2, 0.25) is 0 Å². The predicted octanol–water partition coefficient (Wildman–Crippen LogP) is 0.710. The van der Waals surface area contributed by atoms with Crippen molar-refractivity contribution in [2.24, 2.45) is 0 Å². The fraction of sp³-hybridized carbons (Fsp3) is 0.625. The molecule has 0 spiro atoms. The highest BCUT2D eigenvalue weighted by Gasteiger charge is 2.16. The summed E-state index contributed by atoms with van der Waals surface area (Å²) in [5.41, 5.74) is 0. The van der Waals surface area contributed by atoms with E-state index in [4.69, 9.17) is 14.9 Å². The van der Waals surface area contributed by atoms with Crippen LogP contribution in [0.25, 0.3) is 0 Å². The van der Waals surface area contributed by atoms with Gasteiger partial charge in [-0.25, -0.2) is 0 Å². The van der Waals surface area contributed by atoms with Crippen LogP contribution in [0.5, 0.6) is 0 Å². The van der Waals surface area contributed by atoms with Gasteiger partial charge in [0.2, 0.25) is 0 Å². The maximum atomic E-state index is 7.63. The SMILES string of the molecule is Cc1cn(CC2OCCO2)c(=N)s1. The first-order valence-electron chi connectivity index (χ1n) is 4.20. The number of rotatable bonds is 2. The lowest BCUT2D eigenvalue weighted by molar-refractivity contribution is -0.0529. The summed E-state index contributed by atoms with van der Waals surface area (Å²) in [6.45, 7) is 3.96. The fourth-order valence-corrected chi connectivity index (χ4v) is 2.05. The first-order chi connectivity index (χ1) is 6.25. The van der Waals surface area contributed by atoms with Gasteiger partial charge in [-0.05, 0) is 6.92 Å². The molecule has 1 fully saturated rings. The summed E-state index contributed by atoms with van der Waals surface area (Å²) in [6.07, 6.45) is 1.79. The predicted molar refractivity (Wildman–Crippen MR) is 48.6 cm³/mol. The van der Waals surface area contributed by atoms with E-state index >= 15 is 0 Å². The zero-order valence-electron chi connectivity index (χ0n) is 7.45. The number of nitrogens with zero attached hydrogens (tertiary/aromatic N) is 1. The van der Waals surface area contributed by atoms with Crippen molar-refractivity contribution in [1.82, 2.24) is 4.57 Å². The average Bonchev–Trinajstić information content (AvgIpc) is 2.63. The maximum absolute atomic E-state index is 7.63. The molecule has 0 aliphatic carbocycles. The van der Waals surface area contributed by atoms with Gasteiger partial charge in [-0.2, -0.15) is 0 Å². The van der Waals surface area contributed by atoms with Gasteiger partial charge in [0.1, 0.15) is 0 Å². The molecule has 2 heterocycles. The Bertz CT molecular complexity index is 338. The third-order valence-corrected chi connectivity index (χ3v) is 2.75. The maximum Gasteiger partial charge on any atom is 0.182 e. The Balaban J connectivity index is 2.08. The Hall–Kier alpha value is -0.650. The second kappa shape index (κ2) is 3.61. The van der Waals surface area contributed by atoms with Gasteiger partial charge in [0.25, 0.3) is 0 Å². The summed E-state index contributed by atoms with van der Waals surface area (Å²) in [7, 11) is 0. The minimum Gasteiger partial charge on any atom is -0.348 e. The molecule has 1 aromatic heterocycles. The molecule has 0 unspecified atom stereocenters. The highest BCUT2D eigenvalue weighted by molar-refractivity contribution is 7.09. The van der Waals surface area contributed by atoms with E-state index in [2.05, 4.69) is 0 Å². The van der Waals surface area contributed by atoms with Crippen LogP contribution in [0.15, 0.2) is 6.20 Å². The number of thiazole rings is 1. The third-order valence-electron chi connectivity index (χ3n) is 1.89. The first-order valence-corrected chi connectivity index (χ1v) is 5.02. The number of hydrogen-bond donors (Lipinski definition) is 1. The quantitative estimate of drug-likeness (QED) is 0.764. The summed E-state index contributed by atoms with van der Waals surface area (Å²) in [5.74, 6) is 0. The van der Waals surface area contributed by atoms with Gasteiger partial charge in [0.05, 0.1) is 19.8 Å². The molecule has 72 valence electrons. The van der Waals surface area contributed by atoms with E-state index in [0.29, 0.717) is 24.6 Å². The normalized spacial score (nSPS) is 18.2. The molecule has 1 aliphatic heterocycles. The fourth-order valence-electron chi connectivity index (χ4n) is 1.32. The summed E-state index contributed by atoms with van der Waals surface area (Å²) in [6, 6.07) is 0. The molecule has 0 radical (unpaired) electrons. The second-order valence-electron chi connectivity index (χ2n) is 2.97. The highest BCUT2D eigenvalue weighted by Crippen LogP contribution is 2.07. The van der Waals surface area contributed by atoms with E-state index in [1.165, 1.54) is 11.3 Å². The second-order valence-corrected chi connectivity index (χ2v) is 4.21. The Morgan fingerprint density at radius 1 is 1.62 bits per heavy atom. The molecule has 2 rings (SSSR count). The van der Waals surface area contributed by atoms with Crippen LogP contribution in [0, 0.1) is 12.3 Å². The molecule has 0 aromatic carbocycles. The molecular formula is C8H12N2O2S. The zero-order chi connectivity index (χ0) is 9.26. The van der Waals surface area contributed by atoms with E-state index in [1.54, 1.807) is 0 Å². The molecule has 1 aromatic rings. The Morgan fingerprint density at radius 3 is 2.85 bits per heavy atom. The lowest BCUT2D eigenvalue weighted by atomic mass is 10.5. The first kappa shape index (κ1) is 8.93. The van der Waals surface area contributed by atoms with Gasteiger partial charge < -0.3 is 14.0 Å². The number of aryl methyl sites for hydroxylation is 1. The van der Waals surface area contributed by atoms with Gasteiger partial charge >= 0.3 is 0 Å². The summed E-state index contributed by atoms with van der Waals surface area (Å²) < 4.78 is 12.5. The molecule has 1 N–H and O–H groups in total. The Labute approximate surface area is 80.2 Å². The molecule has 13 heavy (non-hydrogen) atoms. The topological polar surface area (TPSA) is 47.2 Å². The van der Waals surface area contributed by atoms with E-state index in [9.17, 15) is 0 Å². The van der Waals surface area contributed by atoms with Crippen molar-refractivity contribution >= 4 is 11.3 Å². The highest BCUT2D eigenvalue weighted by atomic mass is 32.1. The van der Waals surface area contributed by atoms with Crippen molar-refractivity contribution in [3.05, 3.63) is 15.9 Å². The molecule has 4 nitrogen and oxygen atoms in total. The van der Waals surface area contributed by atoms with E-state index in [0.717, 1.165) is 4.88 Å². The lowest BCUT2D eigenvalue weighted by Gasteiger charge is -2.08. The molecule has 5 heteroatoms. The van der Waals surface area contributed by atoms with Crippen molar-refractivity contribution in [3.63, 3.8) is 0 Å². The standard InChI is InChI=1S/C8H12N2O2S/c1-6-4-10(8(9)13-6)5-7-11-2-3-12-7/h4,7,9H,2-3,5H2,1H3. The van der Waals surface area contributed by atoms with E-state index in [1.807, 2.05) is 17.7 Å². The van der Waals surface area contributed by atoms with Crippen molar-refractivity contribution in [2.75, 3.05) is 13.2 Å². The van der Waals surface area contributed by atoms with Gasteiger partial charge in [-0.3, -0.25) is 5.41 Å². The number of ether oxygens (including phenoxy) is 2. The van der Waals surface area contributed by atoms with Crippen LogP contribution >= 0.6 is 11.3 Å². The van der Waals surface area contributed by atoms with Gasteiger partial charge in [0.15, 0.2) is 11.1 Å². The largest absolute Gasteiger partial charge is 0.348 e.